The van der Waals surface area contributed by atoms with Crippen LogP contribution in [-0.4, -0.2) is 34.3 Å². The van der Waals surface area contributed by atoms with Crippen LogP contribution in [0.15, 0.2) is 5.51 Å². The Hall–Kier alpha value is -1.15. The van der Waals surface area contributed by atoms with E-state index in [4.69, 9.17) is 0 Å². The van der Waals surface area contributed by atoms with E-state index >= 15 is 0 Å². The third-order valence-electron chi connectivity index (χ3n) is 3.81. The third-order valence-corrected chi connectivity index (χ3v) is 4.74. The summed E-state index contributed by atoms with van der Waals surface area (Å²) in [6.07, 6.45) is -4.06. The van der Waals surface area contributed by atoms with Gasteiger partial charge in [-0.3, -0.25) is 4.79 Å². The van der Waals surface area contributed by atoms with Crippen LogP contribution >= 0.6 is 11.3 Å². The molecule has 2 N–H and O–H groups in total. The fourth-order valence-corrected chi connectivity index (χ4v) is 3.34. The smallest absolute Gasteiger partial charge is 0.388 e. The van der Waals surface area contributed by atoms with Gasteiger partial charge in [0.2, 0.25) is 0 Å². The number of aromatic nitrogens is 1. The van der Waals surface area contributed by atoms with E-state index in [2.05, 4.69) is 10.3 Å². The van der Waals surface area contributed by atoms with Crippen LogP contribution in [-0.2, 0) is 0 Å². The van der Waals surface area contributed by atoms with Crippen molar-refractivity contribution < 1.29 is 23.1 Å². The Morgan fingerprint density at radius 2 is 2.33 bits per heavy atom. The summed E-state index contributed by atoms with van der Waals surface area (Å²) in [5.74, 6) is -1.91. The van der Waals surface area contributed by atoms with Crippen molar-refractivity contribution >= 4 is 17.2 Å². The summed E-state index contributed by atoms with van der Waals surface area (Å²) in [4.78, 5) is 16.3. The molecule has 1 aromatic heterocycles. The summed E-state index contributed by atoms with van der Waals surface area (Å²) in [6, 6.07) is 0. The predicted molar refractivity (Wildman–Crippen MR) is 72.1 cm³/mol. The SMILES string of the molecule is Cc1ncsc1C(=O)NCC1(O)CCCC(C(F)(F)F)C1. The number of carbonyl (C=O) groups is 1. The average molecular weight is 322 g/mol. The Kier molecular flexibility index (Phi) is 4.57. The second kappa shape index (κ2) is 5.92. The lowest BCUT2D eigenvalue weighted by Gasteiger charge is -2.37. The summed E-state index contributed by atoms with van der Waals surface area (Å²) < 4.78 is 38.3. The second-order valence-corrected chi connectivity index (χ2v) is 6.36. The van der Waals surface area contributed by atoms with Crippen molar-refractivity contribution in [2.24, 2.45) is 5.92 Å². The third kappa shape index (κ3) is 3.94. The van der Waals surface area contributed by atoms with E-state index in [1.54, 1.807) is 6.92 Å². The Bertz CT molecular complexity index is 518. The van der Waals surface area contributed by atoms with Crippen molar-refractivity contribution in [2.75, 3.05) is 6.54 Å². The van der Waals surface area contributed by atoms with Gasteiger partial charge in [0.1, 0.15) is 4.88 Å². The lowest BCUT2D eigenvalue weighted by Crippen LogP contribution is -2.48. The minimum atomic E-state index is -4.30. The fraction of sp³-hybridized carbons (Fsp3) is 0.692. The van der Waals surface area contributed by atoms with Gasteiger partial charge in [0.05, 0.1) is 22.7 Å². The van der Waals surface area contributed by atoms with E-state index in [0.29, 0.717) is 17.0 Å². The first kappa shape index (κ1) is 16.2. The number of thiazole rings is 1. The van der Waals surface area contributed by atoms with Gasteiger partial charge in [-0.05, 0) is 32.6 Å². The van der Waals surface area contributed by atoms with Crippen molar-refractivity contribution in [1.29, 1.82) is 0 Å². The van der Waals surface area contributed by atoms with Gasteiger partial charge in [0.15, 0.2) is 0 Å². The molecule has 8 heteroatoms. The largest absolute Gasteiger partial charge is 0.391 e. The molecule has 1 heterocycles. The van der Waals surface area contributed by atoms with Gasteiger partial charge in [0.25, 0.3) is 5.91 Å². The molecular weight excluding hydrogens is 305 g/mol. The molecule has 1 aliphatic carbocycles. The highest BCUT2D eigenvalue weighted by Crippen LogP contribution is 2.41. The highest BCUT2D eigenvalue weighted by molar-refractivity contribution is 7.11. The quantitative estimate of drug-likeness (QED) is 0.899. The van der Waals surface area contributed by atoms with Gasteiger partial charge in [-0.15, -0.1) is 11.3 Å². The molecule has 4 nitrogen and oxygen atoms in total. The first-order valence-corrected chi connectivity index (χ1v) is 7.57. The molecule has 0 aromatic carbocycles. The number of hydrogen-bond donors (Lipinski definition) is 2. The molecule has 1 amide bonds. The molecule has 1 aliphatic rings. The maximum absolute atomic E-state index is 12.8. The van der Waals surface area contributed by atoms with E-state index in [1.165, 1.54) is 5.51 Å². The van der Waals surface area contributed by atoms with Gasteiger partial charge < -0.3 is 10.4 Å². The molecule has 0 saturated heterocycles. The number of amides is 1. The summed E-state index contributed by atoms with van der Waals surface area (Å²) in [7, 11) is 0. The molecule has 2 atom stereocenters. The average Bonchev–Trinajstić information content (AvgIpc) is 2.81. The monoisotopic (exact) mass is 322 g/mol. The van der Waals surface area contributed by atoms with Gasteiger partial charge in [-0.1, -0.05) is 0 Å². The molecule has 2 rings (SSSR count). The van der Waals surface area contributed by atoms with Crippen molar-refractivity contribution in [3.05, 3.63) is 16.1 Å². The molecule has 1 saturated carbocycles. The summed E-state index contributed by atoms with van der Waals surface area (Å²) >= 11 is 1.16. The number of hydrogen-bond acceptors (Lipinski definition) is 4. The Morgan fingerprint density at radius 1 is 1.62 bits per heavy atom. The van der Waals surface area contributed by atoms with Crippen molar-refractivity contribution in [2.45, 2.75) is 44.4 Å². The standard InChI is InChI=1S/C13H17F3N2O2S/c1-8-10(21-7-18-8)11(19)17-6-12(20)4-2-3-9(5-12)13(14,15)16/h7,9,20H,2-6H2,1H3,(H,17,19). The van der Waals surface area contributed by atoms with Gasteiger partial charge in [-0.25, -0.2) is 4.98 Å². The van der Waals surface area contributed by atoms with Crippen LogP contribution in [0.1, 0.15) is 41.0 Å². The fourth-order valence-electron chi connectivity index (χ4n) is 2.63. The second-order valence-electron chi connectivity index (χ2n) is 5.51. The minimum absolute atomic E-state index is 0.0354. The molecule has 21 heavy (non-hydrogen) atoms. The van der Waals surface area contributed by atoms with Crippen LogP contribution in [0.4, 0.5) is 13.2 Å². The minimum Gasteiger partial charge on any atom is -0.388 e. The highest BCUT2D eigenvalue weighted by Gasteiger charge is 2.47. The van der Waals surface area contributed by atoms with Crippen molar-refractivity contribution in [3.63, 3.8) is 0 Å². The van der Waals surface area contributed by atoms with Gasteiger partial charge in [-0.2, -0.15) is 13.2 Å². The normalized spacial score (nSPS) is 26.6. The zero-order valence-corrected chi connectivity index (χ0v) is 12.4. The summed E-state index contributed by atoms with van der Waals surface area (Å²) in [6.45, 7) is 1.51. The first-order valence-electron chi connectivity index (χ1n) is 6.69. The predicted octanol–water partition coefficient (Wildman–Crippen LogP) is 2.66. The van der Waals surface area contributed by atoms with Crippen LogP contribution in [0.5, 0.6) is 0 Å². The lowest BCUT2D eigenvalue weighted by atomic mass is 9.77. The Labute approximate surface area is 124 Å². The number of rotatable bonds is 3. The van der Waals surface area contributed by atoms with Gasteiger partial charge in [0, 0.05) is 6.54 Å². The topological polar surface area (TPSA) is 62.2 Å². The van der Waals surface area contributed by atoms with Crippen LogP contribution in [0.3, 0.4) is 0 Å². The maximum Gasteiger partial charge on any atom is 0.391 e. The molecule has 0 aliphatic heterocycles. The summed E-state index contributed by atoms with van der Waals surface area (Å²) in [5.41, 5.74) is 0.604. The molecule has 0 spiro atoms. The zero-order valence-electron chi connectivity index (χ0n) is 11.5. The number of carbonyl (C=O) groups excluding carboxylic acids is 1. The van der Waals surface area contributed by atoms with Crippen LogP contribution in [0.25, 0.3) is 0 Å². The molecule has 0 radical (unpaired) electrons. The van der Waals surface area contributed by atoms with Crippen molar-refractivity contribution in [1.82, 2.24) is 10.3 Å². The van der Waals surface area contributed by atoms with E-state index in [9.17, 15) is 23.1 Å². The number of nitrogens with one attached hydrogen (secondary N) is 1. The van der Waals surface area contributed by atoms with Crippen LogP contribution < -0.4 is 5.32 Å². The summed E-state index contributed by atoms with van der Waals surface area (Å²) in [5, 5.41) is 12.8. The Balaban J connectivity index is 1.95. The number of aryl methyl sites for hydroxylation is 1. The van der Waals surface area contributed by atoms with E-state index in [0.717, 1.165) is 11.3 Å². The first-order chi connectivity index (χ1) is 9.71. The number of nitrogens with zero attached hydrogens (tertiary/aromatic N) is 1. The number of halogens is 3. The van der Waals surface area contributed by atoms with E-state index in [1.807, 2.05) is 0 Å². The molecule has 0 bridgehead atoms. The number of alkyl halides is 3. The van der Waals surface area contributed by atoms with Gasteiger partial charge >= 0.3 is 6.18 Å². The molecule has 118 valence electrons. The molecule has 1 fully saturated rings. The van der Waals surface area contributed by atoms with Crippen LogP contribution in [0.2, 0.25) is 0 Å². The molecule has 2 unspecified atom stereocenters. The molecular formula is C13H17F3N2O2S. The number of aliphatic hydroxyl groups is 1. The van der Waals surface area contributed by atoms with Crippen LogP contribution in [0, 0.1) is 12.8 Å². The van der Waals surface area contributed by atoms with Crippen molar-refractivity contribution in [3.8, 4) is 0 Å². The maximum atomic E-state index is 12.8. The highest BCUT2D eigenvalue weighted by atomic mass is 32.1. The van der Waals surface area contributed by atoms with E-state index < -0.39 is 23.6 Å². The Morgan fingerprint density at radius 3 is 2.90 bits per heavy atom. The zero-order chi connectivity index (χ0) is 15.7. The van der Waals surface area contributed by atoms with E-state index in [-0.39, 0.29) is 25.8 Å². The lowest BCUT2D eigenvalue weighted by molar-refractivity contribution is -0.199. The molecule has 1 aromatic rings.